The molecule has 0 aliphatic carbocycles. The number of thiophene rings is 1. The number of aryl methyl sites for hydroxylation is 1. The highest BCUT2D eigenvalue weighted by Crippen LogP contribution is 2.28. The average molecular weight is 282 g/mol. The second-order valence-corrected chi connectivity index (χ2v) is 5.90. The molecule has 2 heterocycles. The highest BCUT2D eigenvalue weighted by molar-refractivity contribution is 7.16. The molecule has 0 spiro atoms. The number of hydrogen-bond donors (Lipinski definition) is 1. The smallest absolute Gasteiger partial charge is 0.203 e. The van der Waals surface area contributed by atoms with E-state index in [1.165, 1.54) is 4.88 Å². The maximum absolute atomic E-state index is 5.95. The summed E-state index contributed by atoms with van der Waals surface area (Å²) in [5.41, 5.74) is 0.996. The molecule has 0 saturated heterocycles. The zero-order chi connectivity index (χ0) is 13.1. The Kier molecular flexibility index (Phi) is 4.09. The van der Waals surface area contributed by atoms with E-state index in [2.05, 4.69) is 23.8 Å². The minimum absolute atomic E-state index is 0.188. The summed E-state index contributed by atoms with van der Waals surface area (Å²) in [7, 11) is 0. The molecule has 0 fully saturated rings. The van der Waals surface area contributed by atoms with E-state index in [0.29, 0.717) is 0 Å². The van der Waals surface area contributed by atoms with Crippen molar-refractivity contribution in [2.75, 3.05) is 5.32 Å². The van der Waals surface area contributed by atoms with Gasteiger partial charge < -0.3 is 9.88 Å². The summed E-state index contributed by atoms with van der Waals surface area (Å²) in [5, 5.41) is 3.40. The Balaban J connectivity index is 2.15. The van der Waals surface area contributed by atoms with Gasteiger partial charge in [-0.05, 0) is 26.0 Å². The van der Waals surface area contributed by atoms with Gasteiger partial charge in [0.2, 0.25) is 5.95 Å². The van der Waals surface area contributed by atoms with Crippen molar-refractivity contribution in [2.45, 2.75) is 26.4 Å². The maximum atomic E-state index is 5.95. The fourth-order valence-electron chi connectivity index (χ4n) is 1.77. The van der Waals surface area contributed by atoms with Crippen molar-refractivity contribution in [2.24, 2.45) is 0 Å². The Labute approximate surface area is 116 Å². The van der Waals surface area contributed by atoms with Gasteiger partial charge in [-0.25, -0.2) is 4.98 Å². The molecule has 18 heavy (non-hydrogen) atoms. The molecule has 3 nitrogen and oxygen atoms in total. The molecule has 2 aromatic rings. The number of anilines is 1. The zero-order valence-corrected chi connectivity index (χ0v) is 12.1. The molecule has 0 aromatic carbocycles. The fraction of sp³-hybridized carbons (Fsp3) is 0.308. The van der Waals surface area contributed by atoms with E-state index in [-0.39, 0.29) is 6.04 Å². The largest absolute Gasteiger partial charge is 0.348 e. The Hall–Kier alpha value is -1.26. The lowest BCUT2D eigenvalue weighted by molar-refractivity contribution is 0.790. The third kappa shape index (κ3) is 2.94. The number of aromatic nitrogens is 2. The normalized spacial score (nSPS) is 12.4. The monoisotopic (exact) mass is 281 g/mol. The molecule has 1 unspecified atom stereocenters. The van der Waals surface area contributed by atoms with Crippen LogP contribution in [-0.4, -0.2) is 9.55 Å². The number of nitrogens with zero attached hydrogens (tertiary/aromatic N) is 2. The van der Waals surface area contributed by atoms with Crippen LogP contribution >= 0.6 is 22.9 Å². The Morgan fingerprint density at radius 3 is 3.00 bits per heavy atom. The third-order valence-electron chi connectivity index (χ3n) is 2.59. The first-order valence-corrected chi connectivity index (χ1v) is 6.96. The standard InChI is InChI=1S/C13H16ClN3S/c1-4-7-17-8-9(2)15-13(17)16-10(3)11-5-6-12(14)18-11/h4-6,8,10H,1,7H2,2-3H3,(H,15,16). The van der Waals surface area contributed by atoms with Crippen LogP contribution in [0.2, 0.25) is 4.34 Å². The van der Waals surface area contributed by atoms with Gasteiger partial charge in [0.1, 0.15) is 0 Å². The number of halogens is 1. The van der Waals surface area contributed by atoms with Gasteiger partial charge in [0.25, 0.3) is 0 Å². The summed E-state index contributed by atoms with van der Waals surface area (Å²) in [6.07, 6.45) is 3.87. The molecule has 2 rings (SSSR count). The van der Waals surface area contributed by atoms with E-state index < -0.39 is 0 Å². The van der Waals surface area contributed by atoms with Crippen molar-refractivity contribution >= 4 is 28.9 Å². The van der Waals surface area contributed by atoms with Crippen LogP contribution in [-0.2, 0) is 6.54 Å². The van der Waals surface area contributed by atoms with Crippen molar-refractivity contribution in [3.05, 3.63) is 45.9 Å². The fourth-order valence-corrected chi connectivity index (χ4v) is 2.83. The summed E-state index contributed by atoms with van der Waals surface area (Å²) in [6, 6.07) is 4.15. The van der Waals surface area contributed by atoms with Gasteiger partial charge in [-0.15, -0.1) is 17.9 Å². The number of rotatable bonds is 5. The third-order valence-corrected chi connectivity index (χ3v) is 4.00. The first-order valence-electron chi connectivity index (χ1n) is 5.76. The molecule has 1 N–H and O–H groups in total. The maximum Gasteiger partial charge on any atom is 0.203 e. The van der Waals surface area contributed by atoms with Gasteiger partial charge in [0.15, 0.2) is 0 Å². The second-order valence-electron chi connectivity index (χ2n) is 4.15. The van der Waals surface area contributed by atoms with E-state index in [0.717, 1.165) is 22.5 Å². The second kappa shape index (κ2) is 5.59. The van der Waals surface area contributed by atoms with Gasteiger partial charge in [-0.3, -0.25) is 0 Å². The molecule has 0 bridgehead atoms. The molecule has 0 saturated carbocycles. The number of allylic oxidation sites excluding steroid dienone is 1. The van der Waals surface area contributed by atoms with Gasteiger partial charge in [0.05, 0.1) is 16.1 Å². The van der Waals surface area contributed by atoms with Gasteiger partial charge in [0, 0.05) is 17.6 Å². The number of nitrogens with one attached hydrogen (secondary N) is 1. The van der Waals surface area contributed by atoms with Crippen LogP contribution in [0.3, 0.4) is 0 Å². The van der Waals surface area contributed by atoms with E-state index >= 15 is 0 Å². The Morgan fingerprint density at radius 1 is 1.61 bits per heavy atom. The van der Waals surface area contributed by atoms with E-state index in [4.69, 9.17) is 11.6 Å². The lowest BCUT2D eigenvalue weighted by Crippen LogP contribution is -2.10. The summed E-state index contributed by atoms with van der Waals surface area (Å²) in [6.45, 7) is 8.59. The van der Waals surface area contributed by atoms with Crippen LogP contribution in [0.25, 0.3) is 0 Å². The summed E-state index contributed by atoms with van der Waals surface area (Å²) in [5.74, 6) is 0.865. The molecule has 1 atom stereocenters. The lowest BCUT2D eigenvalue weighted by Gasteiger charge is -2.13. The summed E-state index contributed by atoms with van der Waals surface area (Å²) in [4.78, 5) is 5.68. The van der Waals surface area contributed by atoms with E-state index in [1.807, 2.05) is 35.9 Å². The highest BCUT2D eigenvalue weighted by atomic mass is 35.5. The van der Waals surface area contributed by atoms with Crippen LogP contribution < -0.4 is 5.32 Å². The predicted octanol–water partition coefficient (Wildman–Crippen LogP) is 4.27. The summed E-state index contributed by atoms with van der Waals surface area (Å²) >= 11 is 7.54. The molecule has 0 amide bonds. The topological polar surface area (TPSA) is 29.9 Å². The number of hydrogen-bond acceptors (Lipinski definition) is 3. The lowest BCUT2D eigenvalue weighted by atomic mass is 10.3. The molecular weight excluding hydrogens is 266 g/mol. The molecular formula is C13H16ClN3S. The quantitative estimate of drug-likeness (QED) is 0.830. The zero-order valence-electron chi connectivity index (χ0n) is 10.5. The first-order chi connectivity index (χ1) is 8.60. The van der Waals surface area contributed by atoms with Gasteiger partial charge in [-0.2, -0.15) is 0 Å². The van der Waals surface area contributed by atoms with Crippen LogP contribution in [0.1, 0.15) is 23.5 Å². The van der Waals surface area contributed by atoms with Crippen molar-refractivity contribution in [1.82, 2.24) is 9.55 Å². The van der Waals surface area contributed by atoms with E-state index in [1.54, 1.807) is 11.3 Å². The highest BCUT2D eigenvalue weighted by Gasteiger charge is 2.11. The van der Waals surface area contributed by atoms with Crippen LogP contribution in [0.4, 0.5) is 5.95 Å². The Morgan fingerprint density at radius 2 is 2.39 bits per heavy atom. The van der Waals surface area contributed by atoms with Crippen LogP contribution in [0.15, 0.2) is 31.0 Å². The van der Waals surface area contributed by atoms with E-state index in [9.17, 15) is 0 Å². The number of imidazole rings is 1. The molecule has 0 aliphatic heterocycles. The molecule has 5 heteroatoms. The van der Waals surface area contributed by atoms with Crippen molar-refractivity contribution < 1.29 is 0 Å². The first kappa shape index (κ1) is 13.2. The van der Waals surface area contributed by atoms with Crippen molar-refractivity contribution in [3.63, 3.8) is 0 Å². The Bertz CT molecular complexity index is 544. The van der Waals surface area contributed by atoms with Gasteiger partial charge in [-0.1, -0.05) is 17.7 Å². The predicted molar refractivity (Wildman–Crippen MR) is 78.5 cm³/mol. The molecule has 0 aliphatic rings. The molecule has 2 aromatic heterocycles. The average Bonchev–Trinajstić information content (AvgIpc) is 2.87. The molecule has 0 radical (unpaired) electrons. The SMILES string of the molecule is C=CCn1cc(C)nc1NC(C)c1ccc(Cl)s1. The van der Waals surface area contributed by atoms with Crippen LogP contribution in [0.5, 0.6) is 0 Å². The van der Waals surface area contributed by atoms with Crippen molar-refractivity contribution in [1.29, 1.82) is 0 Å². The van der Waals surface area contributed by atoms with Gasteiger partial charge >= 0.3 is 0 Å². The van der Waals surface area contributed by atoms with Crippen molar-refractivity contribution in [3.8, 4) is 0 Å². The van der Waals surface area contributed by atoms with Crippen LogP contribution in [0, 0.1) is 6.92 Å². The molecule has 96 valence electrons. The minimum Gasteiger partial charge on any atom is -0.348 e. The minimum atomic E-state index is 0.188. The summed E-state index contributed by atoms with van der Waals surface area (Å²) < 4.78 is 2.86.